The molecular formula is C15H15NO. The van der Waals surface area contributed by atoms with E-state index in [1.165, 1.54) is 0 Å². The van der Waals surface area contributed by atoms with Crippen LogP contribution in [0.15, 0.2) is 48.5 Å². The van der Waals surface area contributed by atoms with E-state index in [-0.39, 0.29) is 5.75 Å². The van der Waals surface area contributed by atoms with Crippen molar-refractivity contribution in [1.29, 1.82) is 0 Å². The average Bonchev–Trinajstić information content (AvgIpc) is 2.39. The highest BCUT2D eigenvalue weighted by Crippen LogP contribution is 2.13. The fourth-order valence-corrected chi connectivity index (χ4v) is 1.54. The Kier molecular flexibility index (Phi) is 3.58. The summed E-state index contributed by atoms with van der Waals surface area (Å²) < 4.78 is 0. The second-order valence-corrected chi connectivity index (χ2v) is 3.87. The third kappa shape index (κ3) is 3.20. The quantitative estimate of drug-likeness (QED) is 0.789. The third-order valence-electron chi connectivity index (χ3n) is 2.58. The van der Waals surface area contributed by atoms with Crippen LogP contribution in [0, 0.1) is 0 Å². The van der Waals surface area contributed by atoms with Crippen molar-refractivity contribution in [3.8, 4) is 5.75 Å². The first-order valence-electron chi connectivity index (χ1n) is 5.54. The number of hydrogen-bond donors (Lipinski definition) is 2. The lowest BCUT2D eigenvalue weighted by Gasteiger charge is -1.98. The van der Waals surface area contributed by atoms with Crippen LogP contribution in [0.5, 0.6) is 5.75 Å². The van der Waals surface area contributed by atoms with Crippen LogP contribution >= 0.6 is 0 Å². The summed E-state index contributed by atoms with van der Waals surface area (Å²) in [5, 5.41) is 9.16. The van der Waals surface area contributed by atoms with Gasteiger partial charge in [0, 0.05) is 6.54 Å². The van der Waals surface area contributed by atoms with Crippen LogP contribution in [0.25, 0.3) is 12.2 Å². The fourth-order valence-electron chi connectivity index (χ4n) is 1.54. The standard InChI is InChI=1S/C15H15NO/c16-11-14-5-3-12(4-6-14)1-2-13-7-9-15(17)10-8-13/h1-10,17H,11,16H2/b2-1+. The Morgan fingerprint density at radius 3 is 1.76 bits per heavy atom. The fraction of sp³-hybridized carbons (Fsp3) is 0.0667. The van der Waals surface area contributed by atoms with Crippen LogP contribution in [0.2, 0.25) is 0 Å². The summed E-state index contributed by atoms with van der Waals surface area (Å²) in [6.07, 6.45) is 4.05. The molecule has 0 saturated carbocycles. The molecule has 0 aromatic heterocycles. The zero-order chi connectivity index (χ0) is 12.1. The SMILES string of the molecule is NCc1ccc(/C=C/c2ccc(O)cc2)cc1. The number of aromatic hydroxyl groups is 1. The molecule has 2 rings (SSSR count). The Morgan fingerprint density at radius 2 is 1.29 bits per heavy atom. The summed E-state index contributed by atoms with van der Waals surface area (Å²) in [6.45, 7) is 0.571. The molecule has 0 aliphatic heterocycles. The zero-order valence-electron chi connectivity index (χ0n) is 9.51. The predicted molar refractivity (Wildman–Crippen MR) is 71.4 cm³/mol. The molecule has 86 valence electrons. The van der Waals surface area contributed by atoms with Crippen molar-refractivity contribution >= 4 is 12.2 Å². The Labute approximate surface area is 101 Å². The van der Waals surface area contributed by atoms with E-state index < -0.39 is 0 Å². The first-order valence-corrected chi connectivity index (χ1v) is 5.54. The van der Waals surface area contributed by atoms with Gasteiger partial charge in [-0.2, -0.15) is 0 Å². The summed E-state index contributed by atoms with van der Waals surface area (Å²) in [7, 11) is 0. The lowest BCUT2D eigenvalue weighted by molar-refractivity contribution is 0.475. The number of phenolic OH excluding ortho intramolecular Hbond substituents is 1. The highest BCUT2D eigenvalue weighted by atomic mass is 16.3. The van der Waals surface area contributed by atoms with E-state index in [2.05, 4.69) is 0 Å². The average molecular weight is 225 g/mol. The van der Waals surface area contributed by atoms with Gasteiger partial charge in [-0.15, -0.1) is 0 Å². The second-order valence-electron chi connectivity index (χ2n) is 3.87. The van der Waals surface area contributed by atoms with E-state index in [0.717, 1.165) is 16.7 Å². The van der Waals surface area contributed by atoms with Crippen molar-refractivity contribution in [2.24, 2.45) is 5.73 Å². The molecule has 0 atom stereocenters. The van der Waals surface area contributed by atoms with Crippen LogP contribution < -0.4 is 5.73 Å². The van der Waals surface area contributed by atoms with E-state index in [4.69, 9.17) is 10.8 Å². The van der Waals surface area contributed by atoms with Gasteiger partial charge in [0.05, 0.1) is 0 Å². The molecule has 3 N–H and O–H groups in total. The van der Waals surface area contributed by atoms with E-state index >= 15 is 0 Å². The number of rotatable bonds is 3. The topological polar surface area (TPSA) is 46.2 Å². The highest BCUT2D eigenvalue weighted by Gasteiger charge is 1.91. The third-order valence-corrected chi connectivity index (χ3v) is 2.58. The molecule has 2 aromatic carbocycles. The Balaban J connectivity index is 2.11. The largest absolute Gasteiger partial charge is 0.508 e. The number of benzene rings is 2. The van der Waals surface area contributed by atoms with E-state index in [1.807, 2.05) is 48.6 Å². The van der Waals surface area contributed by atoms with Crippen molar-refractivity contribution in [2.45, 2.75) is 6.54 Å². The van der Waals surface area contributed by atoms with Crippen molar-refractivity contribution in [2.75, 3.05) is 0 Å². The predicted octanol–water partition coefficient (Wildman–Crippen LogP) is 3.02. The van der Waals surface area contributed by atoms with Crippen LogP contribution in [0.3, 0.4) is 0 Å². The molecule has 0 amide bonds. The van der Waals surface area contributed by atoms with Crippen molar-refractivity contribution in [3.05, 3.63) is 65.2 Å². The van der Waals surface area contributed by atoms with Gasteiger partial charge in [0.1, 0.15) is 5.75 Å². The zero-order valence-corrected chi connectivity index (χ0v) is 9.51. The van der Waals surface area contributed by atoms with Gasteiger partial charge in [-0.1, -0.05) is 48.6 Å². The molecule has 0 saturated heterocycles. The minimum atomic E-state index is 0.287. The number of phenols is 1. The maximum absolute atomic E-state index is 9.16. The molecule has 0 aliphatic rings. The lowest BCUT2D eigenvalue weighted by Crippen LogP contribution is -1.94. The van der Waals surface area contributed by atoms with Gasteiger partial charge in [-0.3, -0.25) is 0 Å². The normalized spacial score (nSPS) is 10.9. The monoisotopic (exact) mass is 225 g/mol. The van der Waals surface area contributed by atoms with Gasteiger partial charge in [0.25, 0.3) is 0 Å². The van der Waals surface area contributed by atoms with Gasteiger partial charge >= 0.3 is 0 Å². The van der Waals surface area contributed by atoms with Crippen LogP contribution in [-0.4, -0.2) is 5.11 Å². The second kappa shape index (κ2) is 5.32. The number of nitrogens with two attached hydrogens (primary N) is 1. The summed E-state index contributed by atoms with van der Waals surface area (Å²) in [5.74, 6) is 0.287. The van der Waals surface area contributed by atoms with Gasteiger partial charge in [-0.05, 0) is 28.8 Å². The Hall–Kier alpha value is -2.06. The molecule has 2 nitrogen and oxygen atoms in total. The Bertz CT molecular complexity index is 497. The van der Waals surface area contributed by atoms with Gasteiger partial charge < -0.3 is 10.8 Å². The van der Waals surface area contributed by atoms with E-state index in [9.17, 15) is 0 Å². The van der Waals surface area contributed by atoms with Gasteiger partial charge in [0.2, 0.25) is 0 Å². The molecule has 0 heterocycles. The van der Waals surface area contributed by atoms with Gasteiger partial charge in [-0.25, -0.2) is 0 Å². The lowest BCUT2D eigenvalue weighted by atomic mass is 10.1. The van der Waals surface area contributed by atoms with Crippen molar-refractivity contribution < 1.29 is 5.11 Å². The summed E-state index contributed by atoms with van der Waals surface area (Å²) >= 11 is 0. The van der Waals surface area contributed by atoms with E-state index in [1.54, 1.807) is 12.1 Å². The molecular weight excluding hydrogens is 210 g/mol. The molecule has 2 heteroatoms. The molecule has 0 radical (unpaired) electrons. The molecule has 0 spiro atoms. The summed E-state index contributed by atoms with van der Waals surface area (Å²) in [6, 6.07) is 15.2. The van der Waals surface area contributed by atoms with Gasteiger partial charge in [0.15, 0.2) is 0 Å². The first-order chi connectivity index (χ1) is 8.28. The minimum absolute atomic E-state index is 0.287. The van der Waals surface area contributed by atoms with E-state index in [0.29, 0.717) is 6.54 Å². The van der Waals surface area contributed by atoms with Crippen LogP contribution in [0.1, 0.15) is 16.7 Å². The highest BCUT2D eigenvalue weighted by molar-refractivity contribution is 5.69. The summed E-state index contributed by atoms with van der Waals surface area (Å²) in [4.78, 5) is 0. The molecule has 0 bridgehead atoms. The number of hydrogen-bond acceptors (Lipinski definition) is 2. The molecule has 0 fully saturated rings. The molecule has 17 heavy (non-hydrogen) atoms. The van der Waals surface area contributed by atoms with Crippen LogP contribution in [-0.2, 0) is 6.54 Å². The van der Waals surface area contributed by atoms with Crippen molar-refractivity contribution in [1.82, 2.24) is 0 Å². The van der Waals surface area contributed by atoms with Crippen LogP contribution in [0.4, 0.5) is 0 Å². The maximum Gasteiger partial charge on any atom is 0.115 e. The van der Waals surface area contributed by atoms with Crippen molar-refractivity contribution in [3.63, 3.8) is 0 Å². The molecule has 0 aliphatic carbocycles. The minimum Gasteiger partial charge on any atom is -0.508 e. The molecule has 0 unspecified atom stereocenters. The first kappa shape index (κ1) is 11.4. The smallest absolute Gasteiger partial charge is 0.115 e. The maximum atomic E-state index is 9.16. The summed E-state index contributed by atoms with van der Waals surface area (Å²) in [5.41, 5.74) is 8.86. The molecule has 2 aromatic rings. The Morgan fingerprint density at radius 1 is 0.824 bits per heavy atom.